The number of aliphatic hydroxyl groups is 1. The van der Waals surface area contributed by atoms with Gasteiger partial charge in [-0.25, -0.2) is 12.8 Å². The third-order valence-corrected chi connectivity index (χ3v) is 7.71. The van der Waals surface area contributed by atoms with Gasteiger partial charge in [-0.05, 0) is 47.5 Å². The molecule has 0 fully saturated rings. The summed E-state index contributed by atoms with van der Waals surface area (Å²) in [4.78, 5) is 5.45. The van der Waals surface area contributed by atoms with Crippen LogP contribution < -0.4 is 4.31 Å². The summed E-state index contributed by atoms with van der Waals surface area (Å²) < 4.78 is 41.2. The van der Waals surface area contributed by atoms with Crippen molar-refractivity contribution in [3.05, 3.63) is 120 Å². The van der Waals surface area contributed by atoms with Crippen LogP contribution in [0.2, 0.25) is 0 Å². The van der Waals surface area contributed by atoms with Crippen LogP contribution in [-0.2, 0) is 14.9 Å². The monoisotopic (exact) mass is 502 g/mol. The van der Waals surface area contributed by atoms with Crippen LogP contribution in [0, 0.1) is 5.82 Å². The number of hydrogen-bond donors (Lipinski definition) is 1. The number of halogens is 1. The van der Waals surface area contributed by atoms with Crippen molar-refractivity contribution in [3.8, 4) is 11.1 Å². The van der Waals surface area contributed by atoms with E-state index in [1.54, 1.807) is 30.3 Å². The Labute approximate surface area is 208 Å². The van der Waals surface area contributed by atoms with Crippen LogP contribution in [0.3, 0.4) is 0 Å². The molecular weight excluding hydrogens is 479 g/mol. The number of hydrogen-bond acceptors (Lipinski definition) is 5. The molecule has 0 unspecified atom stereocenters. The summed E-state index contributed by atoms with van der Waals surface area (Å²) in [6, 6.07) is 28.7. The molecule has 0 spiro atoms. The van der Waals surface area contributed by atoms with E-state index in [1.165, 1.54) is 12.1 Å². The number of sulfonamides is 1. The van der Waals surface area contributed by atoms with Crippen LogP contribution in [0.4, 0.5) is 10.1 Å². The minimum absolute atomic E-state index is 0.0831. The van der Waals surface area contributed by atoms with E-state index in [0.717, 1.165) is 38.7 Å². The number of aliphatic hydroxyl groups excluding tert-OH is 1. The zero-order valence-electron chi connectivity index (χ0n) is 19.2. The van der Waals surface area contributed by atoms with Gasteiger partial charge in [-0.1, -0.05) is 71.9 Å². The summed E-state index contributed by atoms with van der Waals surface area (Å²) in [5, 5.41) is 15.0. The molecule has 6 nitrogen and oxygen atoms in total. The van der Waals surface area contributed by atoms with Gasteiger partial charge in [0.25, 0.3) is 10.0 Å². The quantitative estimate of drug-likeness (QED) is 0.308. The maximum Gasteiger partial charge on any atom is 0.264 e. The molecule has 36 heavy (non-hydrogen) atoms. The van der Waals surface area contributed by atoms with Gasteiger partial charge < -0.3 is 9.94 Å². The second-order valence-corrected chi connectivity index (χ2v) is 10.2. The fraction of sp³-hybridized carbons (Fsp3) is 0.107. The van der Waals surface area contributed by atoms with Gasteiger partial charge >= 0.3 is 0 Å². The Hall–Kier alpha value is -4.01. The van der Waals surface area contributed by atoms with E-state index in [2.05, 4.69) is 5.16 Å². The Morgan fingerprint density at radius 1 is 0.778 bits per heavy atom. The van der Waals surface area contributed by atoms with Crippen LogP contribution in [0.5, 0.6) is 0 Å². The molecule has 0 amide bonds. The minimum Gasteiger partial charge on any atom is -0.392 e. The number of fused-ring (bicyclic) bond motifs is 3. The van der Waals surface area contributed by atoms with Crippen molar-refractivity contribution in [2.45, 2.75) is 11.0 Å². The van der Waals surface area contributed by atoms with Crippen molar-refractivity contribution in [3.63, 3.8) is 0 Å². The van der Waals surface area contributed by atoms with Crippen LogP contribution in [0.15, 0.2) is 113 Å². The van der Waals surface area contributed by atoms with Crippen LogP contribution in [0.1, 0.15) is 11.1 Å². The molecule has 8 heteroatoms. The van der Waals surface area contributed by atoms with E-state index in [9.17, 15) is 17.9 Å². The fourth-order valence-electron chi connectivity index (χ4n) is 4.19. The first kappa shape index (κ1) is 23.7. The maximum atomic E-state index is 13.4. The zero-order chi connectivity index (χ0) is 25.1. The molecule has 0 aliphatic heterocycles. The lowest BCUT2D eigenvalue weighted by atomic mass is 10.1. The largest absolute Gasteiger partial charge is 0.392 e. The molecule has 0 aromatic heterocycles. The molecule has 0 heterocycles. The SMILES string of the molecule is O=S(=O)(c1ccc(F)cc1)N(C[C@@H](O)CON=C1c2ccccc2-c2ccccc21)c1ccccc1. The van der Waals surface area contributed by atoms with Crippen LogP contribution in [-0.4, -0.2) is 38.5 Å². The molecular formula is C28H23FN2O4S. The predicted molar refractivity (Wildman–Crippen MR) is 137 cm³/mol. The lowest BCUT2D eigenvalue weighted by Gasteiger charge is -2.26. The molecule has 0 saturated carbocycles. The zero-order valence-corrected chi connectivity index (χ0v) is 20.0. The van der Waals surface area contributed by atoms with E-state index in [0.29, 0.717) is 11.4 Å². The highest BCUT2D eigenvalue weighted by Gasteiger charge is 2.28. The smallest absolute Gasteiger partial charge is 0.264 e. The van der Waals surface area contributed by atoms with E-state index in [-0.39, 0.29) is 18.0 Å². The average Bonchev–Trinajstić information content (AvgIpc) is 3.22. The number of anilines is 1. The molecule has 0 saturated heterocycles. The summed E-state index contributed by atoms with van der Waals surface area (Å²) in [6.07, 6.45) is -1.18. The highest BCUT2D eigenvalue weighted by molar-refractivity contribution is 7.92. The van der Waals surface area contributed by atoms with Crippen molar-refractivity contribution >= 4 is 21.4 Å². The van der Waals surface area contributed by atoms with Gasteiger partial charge in [0.15, 0.2) is 0 Å². The molecule has 1 N–H and O–H groups in total. The molecule has 4 aromatic rings. The van der Waals surface area contributed by atoms with Gasteiger partial charge in [-0.15, -0.1) is 0 Å². The van der Waals surface area contributed by atoms with Crippen LogP contribution in [0.25, 0.3) is 11.1 Å². The maximum absolute atomic E-state index is 13.4. The second-order valence-electron chi connectivity index (χ2n) is 8.31. The molecule has 0 bridgehead atoms. The van der Waals surface area contributed by atoms with Gasteiger partial charge in [-0.2, -0.15) is 0 Å². The van der Waals surface area contributed by atoms with E-state index in [4.69, 9.17) is 4.84 Å². The van der Waals surface area contributed by atoms with Gasteiger partial charge in [0.2, 0.25) is 0 Å². The lowest BCUT2D eigenvalue weighted by Crippen LogP contribution is -2.39. The minimum atomic E-state index is -4.07. The summed E-state index contributed by atoms with van der Waals surface area (Å²) in [6.45, 7) is -0.502. The topological polar surface area (TPSA) is 79.2 Å². The number of oxime groups is 1. The summed E-state index contributed by atoms with van der Waals surface area (Å²) in [7, 11) is -4.07. The predicted octanol–water partition coefficient (Wildman–Crippen LogP) is 4.83. The van der Waals surface area contributed by atoms with Gasteiger partial charge in [0.1, 0.15) is 24.2 Å². The highest BCUT2D eigenvalue weighted by Crippen LogP contribution is 2.36. The molecule has 0 radical (unpaired) electrons. The Morgan fingerprint density at radius 3 is 1.89 bits per heavy atom. The first-order valence-electron chi connectivity index (χ1n) is 11.4. The number of rotatable bonds is 8. The third kappa shape index (κ3) is 4.60. The van der Waals surface area contributed by atoms with Crippen molar-refractivity contribution in [1.82, 2.24) is 0 Å². The Morgan fingerprint density at radius 2 is 1.31 bits per heavy atom. The fourth-order valence-corrected chi connectivity index (χ4v) is 5.70. The molecule has 5 rings (SSSR count). The third-order valence-electron chi connectivity index (χ3n) is 5.90. The Bertz CT molecular complexity index is 1460. The molecule has 182 valence electrons. The Balaban J connectivity index is 1.36. The Kier molecular flexibility index (Phi) is 6.54. The van der Waals surface area contributed by atoms with E-state index < -0.39 is 21.9 Å². The second kappa shape index (κ2) is 9.93. The molecule has 1 aliphatic carbocycles. The first-order chi connectivity index (χ1) is 17.4. The van der Waals surface area contributed by atoms with Crippen molar-refractivity contribution < 1.29 is 22.8 Å². The number of benzene rings is 4. The number of nitrogens with zero attached hydrogens (tertiary/aromatic N) is 2. The molecule has 4 aromatic carbocycles. The highest BCUT2D eigenvalue weighted by atomic mass is 32.2. The summed E-state index contributed by atoms with van der Waals surface area (Å²) >= 11 is 0. The standard InChI is InChI=1S/C28H23FN2O4S/c29-20-14-16-23(17-15-20)36(33,34)31(21-8-2-1-3-9-21)18-22(32)19-35-30-28-26-12-6-4-10-24(26)25-11-5-7-13-27(25)28/h1-17,22,32H,18-19H2/t22-/m1/s1. The van der Waals surface area contributed by atoms with E-state index in [1.807, 2.05) is 48.5 Å². The first-order valence-corrected chi connectivity index (χ1v) is 12.8. The summed E-state index contributed by atoms with van der Waals surface area (Å²) in [5.74, 6) is -0.539. The van der Waals surface area contributed by atoms with Crippen molar-refractivity contribution in [1.29, 1.82) is 0 Å². The summed E-state index contributed by atoms with van der Waals surface area (Å²) in [5.41, 5.74) is 4.99. The van der Waals surface area contributed by atoms with Gasteiger partial charge in [-0.3, -0.25) is 4.31 Å². The normalized spacial score (nSPS) is 13.0. The number of para-hydroxylation sites is 1. The van der Waals surface area contributed by atoms with Crippen molar-refractivity contribution in [2.75, 3.05) is 17.5 Å². The van der Waals surface area contributed by atoms with E-state index >= 15 is 0 Å². The van der Waals surface area contributed by atoms with Gasteiger partial charge in [0, 0.05) is 11.1 Å². The van der Waals surface area contributed by atoms with Crippen LogP contribution >= 0.6 is 0 Å². The average molecular weight is 503 g/mol. The lowest BCUT2D eigenvalue weighted by molar-refractivity contribution is 0.0456. The molecule has 1 aliphatic rings. The van der Waals surface area contributed by atoms with Gasteiger partial charge in [0.05, 0.1) is 17.1 Å². The van der Waals surface area contributed by atoms with Crippen molar-refractivity contribution in [2.24, 2.45) is 5.16 Å². The molecule has 1 atom stereocenters.